The van der Waals surface area contributed by atoms with E-state index in [4.69, 9.17) is 14.2 Å². The van der Waals surface area contributed by atoms with Crippen molar-refractivity contribution < 1.29 is 23.9 Å². The van der Waals surface area contributed by atoms with Crippen molar-refractivity contribution in [3.8, 4) is 11.5 Å². The van der Waals surface area contributed by atoms with E-state index in [1.54, 1.807) is 26.4 Å². The highest BCUT2D eigenvalue weighted by Gasteiger charge is 2.22. The minimum atomic E-state index is -0.142. The van der Waals surface area contributed by atoms with Gasteiger partial charge >= 0.3 is 0 Å². The van der Waals surface area contributed by atoms with Crippen LogP contribution in [0.4, 0.5) is 0 Å². The van der Waals surface area contributed by atoms with Gasteiger partial charge in [0.25, 0.3) is 0 Å². The Balaban J connectivity index is 1.72. The second kappa shape index (κ2) is 10.6. The zero-order chi connectivity index (χ0) is 20.5. The standard InChI is InChI=1S/C23H28N2O4/c1-27-21-10-6-9-19(23(21)28-2)11-12-22(26)24-20(18-7-4-3-5-8-18)17-25-13-15-29-16-14-25/h3-12,20H,13-17H2,1-2H3,(H,24,26)/p+1/b12-11+/t20-/m0/s1. The number of morpholine rings is 1. The van der Waals surface area contributed by atoms with Gasteiger partial charge in [-0.1, -0.05) is 42.5 Å². The van der Waals surface area contributed by atoms with E-state index in [9.17, 15) is 4.79 Å². The van der Waals surface area contributed by atoms with Gasteiger partial charge in [-0.3, -0.25) is 4.79 Å². The molecule has 1 aliphatic heterocycles. The number of hydrogen-bond acceptors (Lipinski definition) is 4. The Bertz CT molecular complexity index is 817. The molecule has 1 atom stereocenters. The summed E-state index contributed by atoms with van der Waals surface area (Å²) in [7, 11) is 3.18. The lowest BCUT2D eigenvalue weighted by molar-refractivity contribution is -0.909. The summed E-state index contributed by atoms with van der Waals surface area (Å²) < 4.78 is 16.2. The van der Waals surface area contributed by atoms with E-state index in [0.29, 0.717) is 11.5 Å². The molecule has 2 aromatic rings. The lowest BCUT2D eigenvalue weighted by Gasteiger charge is -2.28. The predicted octanol–water partition coefficient (Wildman–Crippen LogP) is 1.49. The fourth-order valence-corrected chi connectivity index (χ4v) is 3.52. The van der Waals surface area contributed by atoms with Crippen LogP contribution in [-0.2, 0) is 9.53 Å². The van der Waals surface area contributed by atoms with Crippen LogP contribution in [0, 0.1) is 0 Å². The average molecular weight is 397 g/mol. The van der Waals surface area contributed by atoms with Crippen molar-refractivity contribution in [2.75, 3.05) is 47.1 Å². The van der Waals surface area contributed by atoms with E-state index in [1.807, 2.05) is 36.4 Å². The molecule has 6 nitrogen and oxygen atoms in total. The van der Waals surface area contributed by atoms with Gasteiger partial charge < -0.3 is 24.4 Å². The van der Waals surface area contributed by atoms with Gasteiger partial charge in [0.2, 0.25) is 5.91 Å². The van der Waals surface area contributed by atoms with Crippen LogP contribution in [0.3, 0.4) is 0 Å². The topological polar surface area (TPSA) is 61.2 Å². The molecule has 1 aliphatic rings. The fourth-order valence-electron chi connectivity index (χ4n) is 3.52. The summed E-state index contributed by atoms with van der Waals surface area (Å²) in [6, 6.07) is 15.6. The molecule has 0 aliphatic carbocycles. The van der Waals surface area contributed by atoms with E-state index in [2.05, 4.69) is 17.4 Å². The lowest BCUT2D eigenvalue weighted by Crippen LogP contribution is -3.14. The van der Waals surface area contributed by atoms with E-state index >= 15 is 0 Å². The molecule has 1 saturated heterocycles. The molecule has 6 heteroatoms. The summed E-state index contributed by atoms with van der Waals surface area (Å²) in [4.78, 5) is 14.1. The smallest absolute Gasteiger partial charge is 0.244 e. The van der Waals surface area contributed by atoms with Gasteiger partial charge in [0.05, 0.1) is 27.4 Å². The molecule has 3 rings (SSSR count). The van der Waals surface area contributed by atoms with Crippen molar-refractivity contribution in [1.82, 2.24) is 5.32 Å². The van der Waals surface area contributed by atoms with Gasteiger partial charge in [0, 0.05) is 11.6 Å². The molecular formula is C23H29N2O4+. The molecule has 0 unspecified atom stereocenters. The molecule has 2 N–H and O–H groups in total. The number of hydrogen-bond donors (Lipinski definition) is 2. The number of nitrogens with one attached hydrogen (secondary N) is 2. The summed E-state index contributed by atoms with van der Waals surface area (Å²) >= 11 is 0. The largest absolute Gasteiger partial charge is 0.493 e. The average Bonchev–Trinajstić information content (AvgIpc) is 2.78. The highest BCUT2D eigenvalue weighted by molar-refractivity contribution is 5.92. The van der Waals surface area contributed by atoms with E-state index in [0.717, 1.165) is 44.0 Å². The highest BCUT2D eigenvalue weighted by Crippen LogP contribution is 2.31. The van der Waals surface area contributed by atoms with Gasteiger partial charge in [0.15, 0.2) is 11.5 Å². The number of amides is 1. The maximum absolute atomic E-state index is 12.7. The molecule has 154 valence electrons. The van der Waals surface area contributed by atoms with Crippen LogP contribution in [0.1, 0.15) is 17.2 Å². The number of rotatable bonds is 8. The summed E-state index contributed by atoms with van der Waals surface area (Å²) in [5.74, 6) is 1.10. The van der Waals surface area contributed by atoms with Crippen LogP contribution in [0.5, 0.6) is 11.5 Å². The van der Waals surface area contributed by atoms with Crippen LogP contribution < -0.4 is 19.7 Å². The van der Waals surface area contributed by atoms with Crippen molar-refractivity contribution in [2.45, 2.75) is 6.04 Å². The van der Waals surface area contributed by atoms with Gasteiger partial charge in [-0.2, -0.15) is 0 Å². The van der Waals surface area contributed by atoms with Crippen LogP contribution in [0.2, 0.25) is 0 Å². The van der Waals surface area contributed by atoms with Crippen molar-refractivity contribution >= 4 is 12.0 Å². The Morgan fingerprint density at radius 2 is 1.86 bits per heavy atom. The quantitative estimate of drug-likeness (QED) is 0.663. The number of para-hydroxylation sites is 1. The number of methoxy groups -OCH3 is 2. The zero-order valence-electron chi connectivity index (χ0n) is 17.0. The van der Waals surface area contributed by atoms with Gasteiger partial charge in [-0.25, -0.2) is 0 Å². The minimum absolute atomic E-state index is 0.0614. The number of benzene rings is 2. The summed E-state index contributed by atoms with van der Waals surface area (Å²) in [6.07, 6.45) is 3.29. The first kappa shape index (κ1) is 20.9. The molecule has 1 amide bonds. The summed E-state index contributed by atoms with van der Waals surface area (Å²) in [5.41, 5.74) is 1.89. The Hall–Kier alpha value is -2.83. The molecular weight excluding hydrogens is 368 g/mol. The molecule has 0 saturated carbocycles. The first-order chi connectivity index (χ1) is 14.2. The number of carbonyl (C=O) groups is 1. The van der Waals surface area contributed by atoms with Crippen molar-refractivity contribution in [1.29, 1.82) is 0 Å². The fraction of sp³-hybridized carbons (Fsp3) is 0.348. The Kier molecular flexibility index (Phi) is 7.67. The van der Waals surface area contributed by atoms with Crippen LogP contribution in [-0.4, -0.2) is 53.0 Å². The van der Waals surface area contributed by atoms with E-state index in [-0.39, 0.29) is 11.9 Å². The molecule has 0 bridgehead atoms. The van der Waals surface area contributed by atoms with Crippen molar-refractivity contribution in [3.05, 3.63) is 65.7 Å². The monoisotopic (exact) mass is 397 g/mol. The Morgan fingerprint density at radius 1 is 1.10 bits per heavy atom. The Morgan fingerprint density at radius 3 is 2.55 bits per heavy atom. The number of ether oxygens (including phenoxy) is 3. The number of quaternary nitrogens is 1. The molecule has 0 spiro atoms. The maximum atomic E-state index is 12.7. The summed E-state index contributed by atoms with van der Waals surface area (Å²) in [5, 5.41) is 3.16. The third-order valence-electron chi connectivity index (χ3n) is 5.06. The zero-order valence-corrected chi connectivity index (χ0v) is 17.0. The molecule has 0 radical (unpaired) electrons. The third kappa shape index (κ3) is 5.82. The van der Waals surface area contributed by atoms with E-state index < -0.39 is 0 Å². The second-order valence-corrected chi connectivity index (χ2v) is 6.95. The van der Waals surface area contributed by atoms with E-state index in [1.165, 1.54) is 4.90 Å². The van der Waals surface area contributed by atoms with Gasteiger partial charge in [-0.05, 0) is 17.7 Å². The highest BCUT2D eigenvalue weighted by atomic mass is 16.5. The van der Waals surface area contributed by atoms with Gasteiger partial charge in [-0.15, -0.1) is 0 Å². The van der Waals surface area contributed by atoms with Crippen LogP contribution >= 0.6 is 0 Å². The first-order valence-corrected chi connectivity index (χ1v) is 9.87. The molecule has 1 fully saturated rings. The van der Waals surface area contributed by atoms with Crippen molar-refractivity contribution in [2.24, 2.45) is 0 Å². The molecule has 1 heterocycles. The third-order valence-corrected chi connectivity index (χ3v) is 5.06. The minimum Gasteiger partial charge on any atom is -0.493 e. The first-order valence-electron chi connectivity index (χ1n) is 9.87. The maximum Gasteiger partial charge on any atom is 0.244 e. The molecule has 0 aromatic heterocycles. The number of carbonyl (C=O) groups excluding carboxylic acids is 1. The van der Waals surface area contributed by atoms with Crippen LogP contribution in [0.25, 0.3) is 6.08 Å². The lowest BCUT2D eigenvalue weighted by atomic mass is 10.1. The molecule has 29 heavy (non-hydrogen) atoms. The van der Waals surface area contributed by atoms with Crippen LogP contribution in [0.15, 0.2) is 54.6 Å². The summed E-state index contributed by atoms with van der Waals surface area (Å²) in [6.45, 7) is 4.27. The predicted molar refractivity (Wildman–Crippen MR) is 112 cm³/mol. The van der Waals surface area contributed by atoms with Gasteiger partial charge in [0.1, 0.15) is 25.7 Å². The van der Waals surface area contributed by atoms with Crippen molar-refractivity contribution in [3.63, 3.8) is 0 Å². The Labute approximate surface area is 172 Å². The molecule has 2 aromatic carbocycles. The second-order valence-electron chi connectivity index (χ2n) is 6.95. The SMILES string of the molecule is COc1cccc(/C=C/C(=O)N[C@@H](C[NH+]2CCOCC2)c2ccccc2)c1OC. The normalized spacial score (nSPS) is 15.8.